The number of amides is 2. The van der Waals surface area contributed by atoms with Gasteiger partial charge in [-0.3, -0.25) is 9.59 Å². The minimum Gasteiger partial charge on any atom is -0.345 e. The zero-order chi connectivity index (χ0) is 22.6. The van der Waals surface area contributed by atoms with Crippen LogP contribution in [-0.4, -0.2) is 27.8 Å². The summed E-state index contributed by atoms with van der Waals surface area (Å²) >= 11 is 0. The van der Waals surface area contributed by atoms with Crippen molar-refractivity contribution in [3.05, 3.63) is 70.9 Å². The van der Waals surface area contributed by atoms with Crippen LogP contribution < -0.4 is 21.3 Å². The van der Waals surface area contributed by atoms with E-state index in [-0.39, 0.29) is 23.8 Å². The van der Waals surface area contributed by atoms with Crippen LogP contribution >= 0.6 is 0 Å². The molecule has 2 aliphatic rings. The summed E-state index contributed by atoms with van der Waals surface area (Å²) in [6, 6.07) is 16.9. The smallest absolute Gasteiger partial charge is 0.251 e. The largest absolute Gasteiger partial charge is 0.345 e. The first kappa shape index (κ1) is 21.2. The topological polar surface area (TPSA) is 86.9 Å². The molecule has 0 radical (unpaired) electrons. The Kier molecular flexibility index (Phi) is 6.07. The number of benzene rings is 2. The molecule has 1 unspecified atom stereocenters. The lowest BCUT2D eigenvalue weighted by Crippen LogP contribution is -2.39. The van der Waals surface area contributed by atoms with Gasteiger partial charge >= 0.3 is 0 Å². The molecule has 5 rings (SSSR count). The molecule has 168 valence electrons. The normalized spacial score (nSPS) is 17.9. The van der Waals surface area contributed by atoms with Crippen molar-refractivity contribution in [2.75, 3.05) is 5.32 Å². The highest BCUT2D eigenvalue weighted by Gasteiger charge is 2.21. The summed E-state index contributed by atoms with van der Waals surface area (Å²) in [4.78, 5) is 33.0. The van der Waals surface area contributed by atoms with E-state index in [0.717, 1.165) is 53.5 Å². The fraction of sp³-hybridized carbons (Fsp3) is 0.296. The minimum atomic E-state index is -0.0871. The molecule has 2 aliphatic carbocycles. The van der Waals surface area contributed by atoms with Gasteiger partial charge in [0.15, 0.2) is 0 Å². The number of H-pyrrole nitrogens is 1. The molecular formula is C27H28N4O2. The van der Waals surface area contributed by atoms with Gasteiger partial charge in [0.1, 0.15) is 5.82 Å². The highest BCUT2D eigenvalue weighted by molar-refractivity contribution is 5.95. The number of imidazole rings is 1. The molecule has 3 N–H and O–H groups in total. The van der Waals surface area contributed by atoms with Crippen LogP contribution in [0, 0.1) is 5.92 Å². The van der Waals surface area contributed by atoms with Crippen LogP contribution in [0.1, 0.15) is 48.9 Å². The number of hydrogen-bond acceptors (Lipinski definition) is 3. The van der Waals surface area contributed by atoms with E-state index in [1.807, 2.05) is 66.7 Å². The third kappa shape index (κ3) is 4.90. The summed E-state index contributed by atoms with van der Waals surface area (Å²) in [6.45, 7) is 0. The Morgan fingerprint density at radius 1 is 0.939 bits per heavy atom. The lowest BCUT2D eigenvalue weighted by atomic mass is 9.88. The highest BCUT2D eigenvalue weighted by atomic mass is 16.2. The molecule has 1 atom stereocenters. The van der Waals surface area contributed by atoms with Crippen LogP contribution in [0.5, 0.6) is 0 Å². The first-order chi connectivity index (χ1) is 16.2. The Hall–Kier alpha value is -3.67. The van der Waals surface area contributed by atoms with Crippen LogP contribution in [0.15, 0.2) is 54.6 Å². The molecule has 33 heavy (non-hydrogen) atoms. The molecule has 0 saturated heterocycles. The van der Waals surface area contributed by atoms with E-state index in [9.17, 15) is 9.59 Å². The average molecular weight is 441 g/mol. The third-order valence-corrected chi connectivity index (χ3v) is 6.45. The summed E-state index contributed by atoms with van der Waals surface area (Å²) < 4.78 is 0. The van der Waals surface area contributed by atoms with E-state index in [4.69, 9.17) is 4.98 Å². The maximum Gasteiger partial charge on any atom is 0.251 e. The first-order valence-corrected chi connectivity index (χ1v) is 11.7. The Morgan fingerprint density at radius 3 is 2.45 bits per heavy atom. The van der Waals surface area contributed by atoms with Crippen molar-refractivity contribution >= 4 is 29.7 Å². The molecule has 2 amide bonds. The molecule has 1 fully saturated rings. The molecule has 6 heteroatoms. The molecule has 1 heterocycles. The number of nitrogens with zero attached hydrogens (tertiary/aromatic N) is 1. The average Bonchev–Trinajstić information content (AvgIpc) is 3.29. The Labute approximate surface area is 192 Å². The van der Waals surface area contributed by atoms with Crippen LogP contribution in [0.3, 0.4) is 0 Å². The van der Waals surface area contributed by atoms with E-state index in [1.165, 1.54) is 6.42 Å². The summed E-state index contributed by atoms with van der Waals surface area (Å²) in [5.74, 6) is 0.951. The van der Waals surface area contributed by atoms with E-state index in [2.05, 4.69) is 15.6 Å². The van der Waals surface area contributed by atoms with Gasteiger partial charge in [0.25, 0.3) is 5.91 Å². The standard InChI is InChI=1S/C27H28N4O2/c32-26(19-7-3-1-4-8-19)28-21-13-11-18(12-14-21)25-30-23-16-15-22(17-24(23)31-25)29-27(33)20-9-5-2-6-10-20/h2,5-6,9-14,16-17,19,22H,1,3-4,7-8,15H2,(H,28,32)(H,29,33)(H,30,31). The third-order valence-electron chi connectivity index (χ3n) is 6.45. The molecule has 6 nitrogen and oxygen atoms in total. The number of aromatic nitrogens is 2. The SMILES string of the molecule is O=C(NC1C=c2[nH]c(-c3ccc(NC(=O)C4CCCCC4)cc3)nc2=CC1)c1ccccc1. The maximum absolute atomic E-state index is 12.5. The van der Waals surface area contributed by atoms with Crippen LogP contribution in [0.4, 0.5) is 5.69 Å². The van der Waals surface area contributed by atoms with E-state index < -0.39 is 0 Å². The highest BCUT2D eigenvalue weighted by Crippen LogP contribution is 2.25. The van der Waals surface area contributed by atoms with Gasteiger partial charge in [-0.2, -0.15) is 0 Å². The maximum atomic E-state index is 12.5. The number of carbonyl (C=O) groups excluding carboxylic acids is 2. The lowest BCUT2D eigenvalue weighted by Gasteiger charge is -2.20. The fourth-order valence-corrected chi connectivity index (χ4v) is 4.59. The number of nitrogens with one attached hydrogen (secondary N) is 3. The molecular weight excluding hydrogens is 412 g/mol. The molecule has 0 spiro atoms. The summed E-state index contributed by atoms with van der Waals surface area (Å²) in [6.07, 6.45) is 10.3. The predicted molar refractivity (Wildman–Crippen MR) is 130 cm³/mol. The van der Waals surface area contributed by atoms with Crippen molar-refractivity contribution in [2.45, 2.75) is 44.6 Å². The summed E-state index contributed by atoms with van der Waals surface area (Å²) in [5.41, 5.74) is 2.41. The van der Waals surface area contributed by atoms with Gasteiger partial charge in [0.2, 0.25) is 5.91 Å². The van der Waals surface area contributed by atoms with Crippen LogP contribution in [0.25, 0.3) is 23.5 Å². The van der Waals surface area contributed by atoms with Crippen LogP contribution in [0.2, 0.25) is 0 Å². The second-order valence-corrected chi connectivity index (χ2v) is 8.84. The van der Waals surface area contributed by atoms with Gasteiger partial charge < -0.3 is 15.6 Å². The summed E-state index contributed by atoms with van der Waals surface area (Å²) in [7, 11) is 0. The number of rotatable bonds is 5. The second-order valence-electron chi connectivity index (χ2n) is 8.84. The zero-order valence-corrected chi connectivity index (χ0v) is 18.5. The molecule has 2 aromatic carbocycles. The van der Waals surface area contributed by atoms with E-state index in [0.29, 0.717) is 12.0 Å². The second kappa shape index (κ2) is 9.45. The Bertz CT molecular complexity index is 1260. The van der Waals surface area contributed by atoms with Gasteiger partial charge in [0, 0.05) is 22.7 Å². The van der Waals surface area contributed by atoms with Gasteiger partial charge in [-0.25, -0.2) is 4.98 Å². The number of anilines is 1. The quantitative estimate of drug-likeness (QED) is 0.569. The Balaban J connectivity index is 1.26. The van der Waals surface area contributed by atoms with E-state index in [1.54, 1.807) is 0 Å². The van der Waals surface area contributed by atoms with Crippen LogP contribution in [-0.2, 0) is 4.79 Å². The molecule has 1 aromatic heterocycles. The lowest BCUT2D eigenvalue weighted by molar-refractivity contribution is -0.120. The van der Waals surface area contributed by atoms with Gasteiger partial charge in [-0.05, 0) is 61.7 Å². The number of fused-ring (bicyclic) bond motifs is 1. The minimum absolute atomic E-state index is 0.0840. The van der Waals surface area contributed by atoms with Crippen molar-refractivity contribution in [2.24, 2.45) is 5.92 Å². The molecule has 0 bridgehead atoms. The van der Waals surface area contributed by atoms with Crippen molar-refractivity contribution in [1.29, 1.82) is 0 Å². The van der Waals surface area contributed by atoms with Gasteiger partial charge in [0.05, 0.1) is 16.7 Å². The van der Waals surface area contributed by atoms with E-state index >= 15 is 0 Å². The van der Waals surface area contributed by atoms with Gasteiger partial charge in [-0.1, -0.05) is 43.5 Å². The Morgan fingerprint density at radius 2 is 1.70 bits per heavy atom. The fourth-order valence-electron chi connectivity index (χ4n) is 4.59. The van der Waals surface area contributed by atoms with Crippen molar-refractivity contribution in [3.63, 3.8) is 0 Å². The predicted octanol–water partition coefficient (Wildman–Crippen LogP) is 3.36. The van der Waals surface area contributed by atoms with Crippen molar-refractivity contribution in [3.8, 4) is 11.4 Å². The number of hydrogen-bond donors (Lipinski definition) is 3. The number of aromatic amines is 1. The molecule has 1 saturated carbocycles. The number of carbonyl (C=O) groups is 2. The molecule has 0 aliphatic heterocycles. The zero-order valence-electron chi connectivity index (χ0n) is 18.5. The van der Waals surface area contributed by atoms with Gasteiger partial charge in [-0.15, -0.1) is 0 Å². The first-order valence-electron chi connectivity index (χ1n) is 11.7. The summed E-state index contributed by atoms with van der Waals surface area (Å²) in [5, 5.41) is 7.92. The van der Waals surface area contributed by atoms with Crippen molar-refractivity contribution < 1.29 is 9.59 Å². The monoisotopic (exact) mass is 440 g/mol. The molecule has 3 aromatic rings. The van der Waals surface area contributed by atoms with Crippen molar-refractivity contribution in [1.82, 2.24) is 15.3 Å².